The van der Waals surface area contributed by atoms with E-state index in [-0.39, 0.29) is 40.8 Å². The topological polar surface area (TPSA) is 86.0 Å². The van der Waals surface area contributed by atoms with Crippen LogP contribution in [-0.2, 0) is 0 Å². The number of halogens is 2. The first kappa shape index (κ1) is 25.0. The van der Waals surface area contributed by atoms with E-state index in [1.807, 2.05) is 24.8 Å². The van der Waals surface area contributed by atoms with E-state index >= 15 is 0 Å². The molecular weight excluding hydrogens is 503 g/mol. The van der Waals surface area contributed by atoms with Gasteiger partial charge in [-0.15, -0.1) is 0 Å². The van der Waals surface area contributed by atoms with E-state index in [1.165, 1.54) is 10.6 Å². The Bertz CT molecular complexity index is 1400. The summed E-state index contributed by atoms with van der Waals surface area (Å²) in [7, 11) is 0. The fraction of sp³-hybridized carbons (Fsp3) is 0.462. The Morgan fingerprint density at radius 3 is 2.47 bits per heavy atom. The first-order valence-electron chi connectivity index (χ1n) is 12.3. The number of nitrogens with one attached hydrogen (secondary N) is 1. The van der Waals surface area contributed by atoms with E-state index in [2.05, 4.69) is 10.3 Å². The number of nitrogens with zero attached hydrogens (tertiary/aromatic N) is 3. The molecule has 5 rings (SSSR count). The van der Waals surface area contributed by atoms with E-state index in [1.54, 1.807) is 16.7 Å². The smallest absolute Gasteiger partial charge is 0.333 e. The van der Waals surface area contributed by atoms with Crippen molar-refractivity contribution in [3.05, 3.63) is 73.3 Å². The van der Waals surface area contributed by atoms with Crippen molar-refractivity contribution in [3.63, 3.8) is 0 Å². The highest BCUT2D eigenvalue weighted by Crippen LogP contribution is 2.30. The van der Waals surface area contributed by atoms with Crippen LogP contribution in [0.25, 0.3) is 11.0 Å². The molecule has 3 aromatic rings. The molecule has 0 atom stereocenters. The maximum atomic E-state index is 14.1. The van der Waals surface area contributed by atoms with Gasteiger partial charge in [0.1, 0.15) is 11.5 Å². The zero-order valence-corrected chi connectivity index (χ0v) is 21.6. The maximum Gasteiger partial charge on any atom is 0.333 e. The summed E-state index contributed by atoms with van der Waals surface area (Å²) < 4.78 is 17.0. The predicted molar refractivity (Wildman–Crippen MR) is 141 cm³/mol. The summed E-state index contributed by atoms with van der Waals surface area (Å²) in [6.45, 7) is 1.84. The quantitative estimate of drug-likeness (QED) is 0.531. The Morgan fingerprint density at radius 1 is 1.08 bits per heavy atom. The Kier molecular flexibility index (Phi) is 7.21. The van der Waals surface area contributed by atoms with Crippen LogP contribution in [0.3, 0.4) is 0 Å². The summed E-state index contributed by atoms with van der Waals surface area (Å²) in [4.78, 5) is 44.1. The molecule has 36 heavy (non-hydrogen) atoms. The normalized spacial score (nSPS) is 21.0. The number of aromatic nitrogens is 3. The Hall–Kier alpha value is -2.65. The molecule has 2 aromatic heterocycles. The molecule has 0 bridgehead atoms. The lowest BCUT2D eigenvalue weighted by atomic mass is 9.90. The van der Waals surface area contributed by atoms with Crippen LogP contribution in [0.15, 0.2) is 40.1 Å². The molecule has 1 aliphatic heterocycles. The number of fused-ring (bicyclic) bond motifs is 1. The van der Waals surface area contributed by atoms with E-state index in [9.17, 15) is 18.8 Å². The Labute approximate surface area is 217 Å². The van der Waals surface area contributed by atoms with Gasteiger partial charge in [0, 0.05) is 18.1 Å². The molecule has 2 aliphatic rings. The number of hydrogen-bond acceptors (Lipinski definition) is 5. The monoisotopic (exact) mass is 530 g/mol. The van der Waals surface area contributed by atoms with E-state index in [0.717, 1.165) is 36.1 Å². The van der Waals surface area contributed by atoms with Crippen LogP contribution in [0.4, 0.5) is 4.39 Å². The molecular formula is C26H28ClFN4O3S. The van der Waals surface area contributed by atoms with Crippen molar-refractivity contribution in [2.45, 2.75) is 63.6 Å². The van der Waals surface area contributed by atoms with Crippen LogP contribution in [-0.4, -0.2) is 37.6 Å². The highest BCUT2D eigenvalue weighted by molar-refractivity contribution is 7.99. The fourth-order valence-corrected chi connectivity index (χ4v) is 6.84. The second-order valence-electron chi connectivity index (χ2n) is 9.61. The molecule has 10 heteroatoms. The van der Waals surface area contributed by atoms with Crippen molar-refractivity contribution in [2.24, 2.45) is 0 Å². The van der Waals surface area contributed by atoms with Crippen molar-refractivity contribution in [1.29, 1.82) is 0 Å². The van der Waals surface area contributed by atoms with Gasteiger partial charge in [0.2, 0.25) is 0 Å². The molecule has 0 unspecified atom stereocenters. The van der Waals surface area contributed by atoms with Gasteiger partial charge in [-0.05, 0) is 74.7 Å². The van der Waals surface area contributed by atoms with Crippen LogP contribution >= 0.6 is 23.4 Å². The van der Waals surface area contributed by atoms with Gasteiger partial charge in [-0.25, -0.2) is 14.2 Å². The number of carbonyl (C=O) groups excluding carboxylic acids is 1. The second-order valence-corrected chi connectivity index (χ2v) is 11.2. The molecule has 3 heterocycles. The fourth-order valence-electron chi connectivity index (χ4n) is 5.45. The zero-order valence-electron chi connectivity index (χ0n) is 20.0. The van der Waals surface area contributed by atoms with Crippen LogP contribution < -0.4 is 16.6 Å². The second kappa shape index (κ2) is 10.4. The van der Waals surface area contributed by atoms with Crippen LogP contribution in [0.1, 0.15) is 66.5 Å². The molecule has 0 radical (unpaired) electrons. The van der Waals surface area contributed by atoms with Gasteiger partial charge < -0.3 is 5.32 Å². The van der Waals surface area contributed by atoms with E-state index in [4.69, 9.17) is 11.6 Å². The first-order chi connectivity index (χ1) is 17.3. The molecule has 1 aromatic carbocycles. The van der Waals surface area contributed by atoms with Gasteiger partial charge in [0.05, 0.1) is 22.2 Å². The van der Waals surface area contributed by atoms with Crippen LogP contribution in [0.2, 0.25) is 5.02 Å². The molecule has 2 fully saturated rings. The third-order valence-corrected chi connectivity index (χ3v) is 8.69. The molecule has 190 valence electrons. The van der Waals surface area contributed by atoms with Gasteiger partial charge in [0.25, 0.3) is 11.5 Å². The molecule has 1 saturated heterocycles. The maximum absolute atomic E-state index is 14.1. The van der Waals surface area contributed by atoms with Crippen molar-refractivity contribution < 1.29 is 9.18 Å². The summed E-state index contributed by atoms with van der Waals surface area (Å²) in [5, 5.41) is 3.61. The Morgan fingerprint density at radius 2 is 1.78 bits per heavy atom. The minimum atomic E-state index is -0.600. The third kappa shape index (κ3) is 4.70. The van der Waals surface area contributed by atoms with Crippen molar-refractivity contribution >= 4 is 40.3 Å². The summed E-state index contributed by atoms with van der Waals surface area (Å²) in [6.07, 6.45) is 5.01. The lowest BCUT2D eigenvalue weighted by Crippen LogP contribution is -2.46. The summed E-state index contributed by atoms with van der Waals surface area (Å²) in [5.74, 6) is 1.03. The van der Waals surface area contributed by atoms with Crippen molar-refractivity contribution in [1.82, 2.24) is 19.4 Å². The summed E-state index contributed by atoms with van der Waals surface area (Å²) in [6, 6.07) is 6.06. The number of pyridine rings is 1. The van der Waals surface area contributed by atoms with Gasteiger partial charge in [-0.2, -0.15) is 11.8 Å². The number of carbonyl (C=O) groups is 1. The SMILES string of the molecule is Cc1cccc(Cl)c1C(=O)N[C@H]1CC[C@@H](n2c(=O)c3cc(F)cnc3n(C3CCSCC3)c2=O)CC1. The minimum absolute atomic E-state index is 0.0689. The van der Waals surface area contributed by atoms with Crippen LogP contribution in [0.5, 0.6) is 0 Å². The number of aryl methyl sites for hydroxylation is 1. The highest BCUT2D eigenvalue weighted by atomic mass is 35.5. The molecule has 1 N–H and O–H groups in total. The van der Waals surface area contributed by atoms with Crippen molar-refractivity contribution in [3.8, 4) is 0 Å². The number of rotatable bonds is 4. The van der Waals surface area contributed by atoms with E-state index < -0.39 is 11.4 Å². The van der Waals surface area contributed by atoms with Crippen LogP contribution in [0, 0.1) is 12.7 Å². The third-order valence-electron chi connectivity index (χ3n) is 7.32. The molecule has 1 amide bonds. The average molecular weight is 531 g/mol. The van der Waals surface area contributed by atoms with Gasteiger partial charge in [0.15, 0.2) is 0 Å². The zero-order chi connectivity index (χ0) is 25.4. The Balaban J connectivity index is 1.42. The standard InChI is InChI=1S/C26H28ClFN4O3S/c1-15-3-2-4-21(27)22(15)24(33)30-17-5-7-18(8-6-17)32-25(34)20-13-16(28)14-29-23(20)31(26(32)35)19-9-11-36-12-10-19/h2-4,13-14,17-19H,5-12H2,1H3,(H,30,33)/t17-,18+. The number of benzene rings is 1. The minimum Gasteiger partial charge on any atom is -0.349 e. The van der Waals surface area contributed by atoms with Gasteiger partial charge >= 0.3 is 5.69 Å². The van der Waals surface area contributed by atoms with Gasteiger partial charge in [-0.3, -0.25) is 18.7 Å². The molecule has 1 aliphatic carbocycles. The molecule has 7 nitrogen and oxygen atoms in total. The lowest BCUT2D eigenvalue weighted by molar-refractivity contribution is 0.0921. The average Bonchev–Trinajstić information content (AvgIpc) is 2.86. The number of amides is 1. The first-order valence-corrected chi connectivity index (χ1v) is 13.8. The predicted octanol–water partition coefficient (Wildman–Crippen LogP) is 4.64. The molecule has 0 spiro atoms. The lowest BCUT2D eigenvalue weighted by Gasteiger charge is -2.31. The molecule has 1 saturated carbocycles. The highest BCUT2D eigenvalue weighted by Gasteiger charge is 2.30. The van der Waals surface area contributed by atoms with Crippen molar-refractivity contribution in [2.75, 3.05) is 11.5 Å². The summed E-state index contributed by atoms with van der Waals surface area (Å²) >= 11 is 8.09. The largest absolute Gasteiger partial charge is 0.349 e. The number of thioether (sulfide) groups is 1. The van der Waals surface area contributed by atoms with Gasteiger partial charge in [-0.1, -0.05) is 23.7 Å². The number of hydrogen-bond donors (Lipinski definition) is 1. The summed E-state index contributed by atoms with van der Waals surface area (Å²) in [5.41, 5.74) is 0.662. The van der Waals surface area contributed by atoms with E-state index in [0.29, 0.717) is 36.3 Å².